The number of hydrazone groups is 1. The van der Waals surface area contributed by atoms with Gasteiger partial charge in [-0.1, -0.05) is 36.7 Å². The molecule has 1 aliphatic heterocycles. The molecule has 0 N–H and O–H groups in total. The Hall–Kier alpha value is -1.44. The predicted molar refractivity (Wildman–Crippen MR) is 59.2 cm³/mol. The molecule has 0 spiro atoms. The van der Waals surface area contributed by atoms with E-state index >= 15 is 0 Å². The Morgan fingerprint density at radius 1 is 1.21 bits per heavy atom. The van der Waals surface area contributed by atoms with Gasteiger partial charge in [-0.15, -0.1) is 0 Å². The number of nitrogens with zero attached hydrogens (tertiary/aromatic N) is 2. The Bertz CT molecular complexity index is 363. The molecule has 1 aromatic carbocycles. The molecule has 0 saturated carbocycles. The molecule has 0 fully saturated rings. The van der Waals surface area contributed by atoms with Crippen molar-refractivity contribution < 1.29 is 4.68 Å². The molecule has 0 radical (unpaired) electrons. The highest BCUT2D eigenvalue weighted by Gasteiger charge is 2.22. The van der Waals surface area contributed by atoms with Crippen LogP contribution >= 0.6 is 0 Å². The van der Waals surface area contributed by atoms with Crippen molar-refractivity contribution >= 4 is 18.1 Å². The van der Waals surface area contributed by atoms with Crippen LogP contribution < -0.4 is 0 Å². The Morgan fingerprint density at radius 2 is 1.93 bits per heavy atom. The number of benzene rings is 1. The zero-order valence-electron chi connectivity index (χ0n) is 8.59. The van der Waals surface area contributed by atoms with Crippen molar-refractivity contribution in [3.8, 4) is 0 Å². The third-order valence-electron chi connectivity index (χ3n) is 2.47. The van der Waals surface area contributed by atoms with E-state index < -0.39 is 0 Å². The first kappa shape index (κ1) is 9.13. The van der Waals surface area contributed by atoms with Crippen molar-refractivity contribution in [2.45, 2.75) is 13.8 Å². The van der Waals surface area contributed by atoms with Crippen LogP contribution in [-0.4, -0.2) is 17.1 Å². The summed E-state index contributed by atoms with van der Waals surface area (Å²) in [5.74, 6) is 1.09. The molecule has 0 aromatic heterocycles. The van der Waals surface area contributed by atoms with Crippen LogP contribution in [0.25, 0.3) is 0 Å². The van der Waals surface area contributed by atoms with Gasteiger partial charge in [0.2, 0.25) is 5.69 Å². The summed E-state index contributed by atoms with van der Waals surface area (Å²) in [5.41, 5.74) is 1.13. The van der Waals surface area contributed by atoms with E-state index in [0.717, 1.165) is 5.69 Å². The monoisotopic (exact) mass is 187 g/mol. The summed E-state index contributed by atoms with van der Waals surface area (Å²) in [4.78, 5) is 0. The average Bonchev–Trinajstić information content (AvgIpc) is 2.68. The second-order valence-electron chi connectivity index (χ2n) is 3.92. The van der Waals surface area contributed by atoms with E-state index in [1.165, 1.54) is 0 Å². The number of hydrogen-bond acceptors (Lipinski definition) is 1. The third-order valence-corrected chi connectivity index (χ3v) is 2.47. The number of hydrogen-bond donors (Lipinski definition) is 0. The molecule has 1 atom stereocenters. The summed E-state index contributed by atoms with van der Waals surface area (Å²) in [7, 11) is 0. The van der Waals surface area contributed by atoms with Crippen LogP contribution in [0.1, 0.15) is 13.8 Å². The van der Waals surface area contributed by atoms with Gasteiger partial charge in [-0.2, -0.15) is 0 Å². The van der Waals surface area contributed by atoms with E-state index in [9.17, 15) is 0 Å². The van der Waals surface area contributed by atoms with E-state index in [-0.39, 0.29) is 0 Å². The molecule has 14 heavy (non-hydrogen) atoms. The molecule has 0 aliphatic carbocycles. The van der Waals surface area contributed by atoms with Crippen molar-refractivity contribution in [3.05, 3.63) is 30.3 Å². The summed E-state index contributed by atoms with van der Waals surface area (Å²) >= 11 is 0. The van der Waals surface area contributed by atoms with Gasteiger partial charge in [0.05, 0.1) is 12.1 Å². The second-order valence-corrected chi connectivity index (χ2v) is 3.92. The van der Waals surface area contributed by atoms with Gasteiger partial charge in [0.25, 0.3) is 0 Å². The summed E-state index contributed by atoms with van der Waals surface area (Å²) in [6.45, 7) is 4.42. The third kappa shape index (κ3) is 1.74. The normalized spacial score (nSPS) is 20.2. The summed E-state index contributed by atoms with van der Waals surface area (Å²) in [5, 5.41) is 4.36. The van der Waals surface area contributed by atoms with Gasteiger partial charge in [-0.25, -0.2) is 0 Å². The fourth-order valence-corrected chi connectivity index (χ4v) is 1.47. The largest absolute Gasteiger partial charge is 0.237 e. The quantitative estimate of drug-likeness (QED) is 0.633. The molecule has 0 bridgehead atoms. The first-order chi connectivity index (χ1) is 6.77. The van der Waals surface area contributed by atoms with Crippen LogP contribution in [-0.2, 0) is 0 Å². The van der Waals surface area contributed by atoms with Crippen molar-refractivity contribution in [1.29, 1.82) is 0 Å². The van der Waals surface area contributed by atoms with Gasteiger partial charge in [-0.05, 0) is 11.0 Å². The molecule has 1 aliphatic rings. The van der Waals surface area contributed by atoms with Crippen LogP contribution in [0.3, 0.4) is 0 Å². The van der Waals surface area contributed by atoms with Crippen molar-refractivity contribution in [1.82, 2.24) is 0 Å². The van der Waals surface area contributed by atoms with Crippen molar-refractivity contribution in [2.75, 3.05) is 0 Å². The summed E-state index contributed by atoms with van der Waals surface area (Å²) < 4.78 is 1.95. The van der Waals surface area contributed by atoms with Crippen molar-refractivity contribution in [3.63, 3.8) is 0 Å². The Balaban J connectivity index is 2.24. The lowest BCUT2D eigenvalue weighted by Crippen LogP contribution is -2.09. The molecule has 2 heteroatoms. The standard InChI is InChI=1S/C12H15N2/c1-10(2)11-8-13-14(9-11)12-6-4-3-5-7-12/h3-11H,1-2H3/q+1. The number of rotatable bonds is 2. The molecule has 72 valence electrons. The van der Waals surface area contributed by atoms with Crippen LogP contribution in [0, 0.1) is 11.8 Å². The first-order valence-electron chi connectivity index (χ1n) is 5.01. The van der Waals surface area contributed by atoms with E-state index in [0.29, 0.717) is 11.8 Å². The molecular formula is C12H15N2+. The lowest BCUT2D eigenvalue weighted by atomic mass is 9.99. The average molecular weight is 187 g/mol. The maximum atomic E-state index is 4.36. The number of para-hydroxylation sites is 1. The topological polar surface area (TPSA) is 15.4 Å². The van der Waals surface area contributed by atoms with Crippen LogP contribution in [0.5, 0.6) is 0 Å². The van der Waals surface area contributed by atoms with E-state index in [1.54, 1.807) is 0 Å². The lowest BCUT2D eigenvalue weighted by molar-refractivity contribution is -0.437. The molecule has 1 aromatic rings. The SMILES string of the molecule is CC(C)C1C=N[N+](c2ccccc2)=C1. The van der Waals surface area contributed by atoms with Crippen LogP contribution in [0.15, 0.2) is 35.4 Å². The Kier molecular flexibility index (Phi) is 2.44. The zero-order valence-corrected chi connectivity index (χ0v) is 8.59. The maximum Gasteiger partial charge on any atom is 0.237 e. The van der Waals surface area contributed by atoms with Gasteiger partial charge in [0.15, 0.2) is 6.21 Å². The fourth-order valence-electron chi connectivity index (χ4n) is 1.47. The zero-order chi connectivity index (χ0) is 9.97. The van der Waals surface area contributed by atoms with E-state index in [2.05, 4.69) is 37.3 Å². The van der Waals surface area contributed by atoms with Crippen LogP contribution in [0.4, 0.5) is 5.69 Å². The highest BCUT2D eigenvalue weighted by molar-refractivity contribution is 5.84. The van der Waals surface area contributed by atoms with Crippen molar-refractivity contribution in [2.24, 2.45) is 16.9 Å². The minimum Gasteiger partial charge on any atom is -0.0618 e. The van der Waals surface area contributed by atoms with Gasteiger partial charge in [-0.3, -0.25) is 0 Å². The molecule has 0 saturated heterocycles. The minimum atomic E-state index is 0.468. The highest BCUT2D eigenvalue weighted by Crippen LogP contribution is 2.17. The first-order valence-corrected chi connectivity index (χ1v) is 5.01. The van der Waals surface area contributed by atoms with E-state index in [4.69, 9.17) is 0 Å². The lowest BCUT2D eigenvalue weighted by Gasteiger charge is -2.01. The summed E-state index contributed by atoms with van der Waals surface area (Å²) in [6, 6.07) is 10.2. The minimum absolute atomic E-state index is 0.468. The van der Waals surface area contributed by atoms with Gasteiger partial charge < -0.3 is 0 Å². The van der Waals surface area contributed by atoms with Gasteiger partial charge >= 0.3 is 0 Å². The molecule has 0 amide bonds. The summed E-state index contributed by atoms with van der Waals surface area (Å²) in [6.07, 6.45) is 4.18. The van der Waals surface area contributed by atoms with Crippen LogP contribution in [0.2, 0.25) is 0 Å². The highest BCUT2D eigenvalue weighted by atomic mass is 15.4. The predicted octanol–water partition coefficient (Wildman–Crippen LogP) is 2.67. The Morgan fingerprint density at radius 3 is 2.50 bits per heavy atom. The molecular weight excluding hydrogens is 172 g/mol. The fraction of sp³-hybridized carbons (Fsp3) is 0.333. The maximum absolute atomic E-state index is 4.36. The van der Waals surface area contributed by atoms with Gasteiger partial charge in [0, 0.05) is 12.1 Å². The second kappa shape index (κ2) is 3.74. The Labute approximate surface area is 84.6 Å². The molecule has 1 heterocycles. The molecule has 2 nitrogen and oxygen atoms in total. The molecule has 2 rings (SSSR count). The van der Waals surface area contributed by atoms with E-state index in [1.807, 2.05) is 29.1 Å². The van der Waals surface area contributed by atoms with Gasteiger partial charge in [0.1, 0.15) is 0 Å². The smallest absolute Gasteiger partial charge is 0.0618 e. The molecule has 1 unspecified atom stereocenters.